The Morgan fingerprint density at radius 2 is 0.185 bits per heavy atom. The molecule has 312 valence electrons. The summed E-state index contributed by atoms with van der Waals surface area (Å²) >= 11 is 0. The van der Waals surface area contributed by atoms with E-state index >= 15 is 0 Å². The first kappa shape index (κ1) is 42.1. The molecule has 0 aromatic heterocycles. The van der Waals surface area contributed by atoms with Gasteiger partial charge in [-0.1, -0.05) is 154 Å². The maximum absolute atomic E-state index is 1.56. The summed E-state index contributed by atoms with van der Waals surface area (Å²) in [5.74, 6) is 0. The summed E-state index contributed by atoms with van der Waals surface area (Å²) in [7, 11) is 0. The fraction of sp³-hybridized carbons (Fsp3) is 1.00. The van der Waals surface area contributed by atoms with Crippen LogP contribution >= 0.6 is 0 Å². The Morgan fingerprint density at radius 3 is 0.278 bits per heavy atom. The molecule has 12 rings (SSSR count). The Kier molecular flexibility index (Phi) is 15.8. The molecular formula is C54H96. The van der Waals surface area contributed by atoms with Gasteiger partial charge >= 0.3 is 0 Å². The predicted molar refractivity (Wildman–Crippen MR) is 236 cm³/mol. The number of rotatable bonds is 0. The highest BCUT2D eigenvalue weighted by molar-refractivity contribution is 4.94. The maximum Gasteiger partial charge on any atom is -0.0297 e. The van der Waals surface area contributed by atoms with Crippen molar-refractivity contribution in [3.8, 4) is 0 Å². The lowest BCUT2D eigenvalue weighted by Crippen LogP contribution is -2.35. The Bertz CT molecular complexity index is 939. The normalized spacial score (nSPS) is 32.0. The highest BCUT2D eigenvalue weighted by Crippen LogP contribution is 2.56. The standard InChI is InChI=1S/C11H20.C10H18.2C9H16.C8H14.C7H12/c1-3-7-11(8-4-1)9-5-2-6-10-11;1-2-6-10(7-3-1)8-4-5-9-10;1-2-6-9(5-1)7-3-4-8-9;1-2-5-9(6-3-1)7-4-8-9;1-2-5-8(4-1)6-3-7-8;1-3-7(4-1)5-2-6-7/h1-10H2;1-9H2;2*1-8H2;1-7H2;1-6H2. The third kappa shape index (κ3) is 11.6. The van der Waals surface area contributed by atoms with Gasteiger partial charge in [0, 0.05) is 0 Å². The van der Waals surface area contributed by atoms with Crippen molar-refractivity contribution >= 4 is 0 Å². The topological polar surface area (TPSA) is 0 Å². The first-order valence-electron chi connectivity index (χ1n) is 26.5. The fourth-order valence-corrected chi connectivity index (χ4v) is 15.4. The molecular weight excluding hydrogens is 649 g/mol. The van der Waals surface area contributed by atoms with E-state index in [1.54, 1.807) is 154 Å². The van der Waals surface area contributed by atoms with Crippen molar-refractivity contribution in [3.63, 3.8) is 0 Å². The third-order valence-electron chi connectivity index (χ3n) is 20.0. The van der Waals surface area contributed by atoms with Crippen LogP contribution in [-0.2, 0) is 0 Å². The molecule has 0 aromatic rings. The average Bonchev–Trinajstić information content (AvgIpc) is 4.00. The second kappa shape index (κ2) is 20.3. The molecule has 0 N–H and O–H groups in total. The van der Waals surface area contributed by atoms with Crippen LogP contribution < -0.4 is 0 Å². The molecule has 12 fully saturated rings. The van der Waals surface area contributed by atoms with Crippen LogP contribution in [0.2, 0.25) is 0 Å². The zero-order valence-electron chi connectivity index (χ0n) is 36.9. The van der Waals surface area contributed by atoms with Crippen LogP contribution in [0, 0.1) is 32.5 Å². The zero-order valence-corrected chi connectivity index (χ0v) is 36.9. The summed E-state index contributed by atoms with van der Waals surface area (Å²) in [5.41, 5.74) is 5.38. The monoisotopic (exact) mass is 745 g/mol. The van der Waals surface area contributed by atoms with E-state index < -0.39 is 0 Å². The zero-order chi connectivity index (χ0) is 36.9. The predicted octanol–water partition coefficient (Wildman–Crippen LogP) is 18.7. The molecule has 0 heteroatoms. The van der Waals surface area contributed by atoms with Crippen LogP contribution in [-0.4, -0.2) is 0 Å². The van der Waals surface area contributed by atoms with Crippen LogP contribution in [0.15, 0.2) is 0 Å². The van der Waals surface area contributed by atoms with E-state index in [-0.39, 0.29) is 0 Å². The smallest absolute Gasteiger partial charge is 0.0297 e. The van der Waals surface area contributed by atoms with Crippen molar-refractivity contribution in [3.05, 3.63) is 0 Å². The molecule has 0 bridgehead atoms. The van der Waals surface area contributed by atoms with Gasteiger partial charge in [-0.15, -0.1) is 0 Å². The molecule has 0 heterocycles. The SMILES string of the molecule is C1CC2(C1)CCC2.C1CCC2(C1)CCC2.C1CCC2(C1)CCCC2.C1CCC2(CC1)CCC2.C1CCC2(CC1)CCCC2.C1CCC2(CC1)CCCCC2. The summed E-state index contributed by atoms with van der Waals surface area (Å²) in [6, 6.07) is 0. The van der Waals surface area contributed by atoms with Gasteiger partial charge in [0.15, 0.2) is 0 Å². The van der Waals surface area contributed by atoms with Crippen LogP contribution in [0.5, 0.6) is 0 Å². The van der Waals surface area contributed by atoms with Gasteiger partial charge in [0.1, 0.15) is 0 Å². The van der Waals surface area contributed by atoms with Crippen molar-refractivity contribution in [2.75, 3.05) is 0 Å². The second-order valence-electron chi connectivity index (χ2n) is 23.5. The van der Waals surface area contributed by atoms with Crippen molar-refractivity contribution < 1.29 is 0 Å². The molecule has 12 aliphatic rings. The molecule has 0 nitrogen and oxygen atoms in total. The largest absolute Gasteiger partial charge is 0.0533 e. The molecule has 0 amide bonds. The number of hydrogen-bond donors (Lipinski definition) is 0. The third-order valence-corrected chi connectivity index (χ3v) is 20.0. The molecule has 0 atom stereocenters. The molecule has 0 unspecified atom stereocenters. The fourth-order valence-electron chi connectivity index (χ4n) is 15.4. The average molecular weight is 745 g/mol. The van der Waals surface area contributed by atoms with Gasteiger partial charge in [0.05, 0.1) is 0 Å². The summed E-state index contributed by atoms with van der Waals surface area (Å²) in [4.78, 5) is 0. The van der Waals surface area contributed by atoms with E-state index in [4.69, 9.17) is 0 Å². The Hall–Kier alpha value is 0. The quantitative estimate of drug-likeness (QED) is 0.232. The summed E-state index contributed by atoms with van der Waals surface area (Å²) < 4.78 is 0. The van der Waals surface area contributed by atoms with E-state index in [0.29, 0.717) is 0 Å². The highest BCUT2D eigenvalue weighted by atomic mass is 14.5. The van der Waals surface area contributed by atoms with Gasteiger partial charge in [-0.2, -0.15) is 0 Å². The summed E-state index contributed by atoms with van der Waals surface area (Å²) in [6.07, 6.45) is 74.1. The minimum Gasteiger partial charge on any atom is -0.0533 e. The summed E-state index contributed by atoms with van der Waals surface area (Å²) in [5, 5.41) is 0. The molecule has 12 saturated carbocycles. The highest BCUT2D eigenvalue weighted by Gasteiger charge is 2.42. The van der Waals surface area contributed by atoms with Crippen LogP contribution in [0.3, 0.4) is 0 Å². The molecule has 0 radical (unpaired) electrons. The second-order valence-corrected chi connectivity index (χ2v) is 23.5. The Morgan fingerprint density at radius 1 is 0.0926 bits per heavy atom. The molecule has 12 aliphatic carbocycles. The van der Waals surface area contributed by atoms with E-state index in [1.165, 1.54) is 154 Å². The minimum absolute atomic E-state index is 0.858. The van der Waals surface area contributed by atoms with Gasteiger partial charge in [-0.25, -0.2) is 0 Å². The van der Waals surface area contributed by atoms with E-state index in [1.807, 2.05) is 0 Å². The Balaban J connectivity index is 0.000000100. The van der Waals surface area contributed by atoms with Crippen molar-refractivity contribution in [1.29, 1.82) is 0 Å². The van der Waals surface area contributed by atoms with Crippen LogP contribution in [0.1, 0.15) is 308 Å². The minimum atomic E-state index is 0.858. The van der Waals surface area contributed by atoms with Gasteiger partial charge in [0.25, 0.3) is 0 Å². The van der Waals surface area contributed by atoms with Crippen molar-refractivity contribution in [2.45, 2.75) is 308 Å². The van der Waals surface area contributed by atoms with E-state index in [9.17, 15) is 0 Å². The first-order valence-corrected chi connectivity index (χ1v) is 26.5. The molecule has 0 aromatic carbocycles. The molecule has 0 aliphatic heterocycles. The molecule has 6 spiro atoms. The lowest BCUT2D eigenvalue weighted by atomic mass is 9.56. The molecule has 0 saturated heterocycles. The van der Waals surface area contributed by atoms with E-state index in [2.05, 4.69) is 0 Å². The lowest BCUT2D eigenvalue weighted by molar-refractivity contribution is 0.0314. The van der Waals surface area contributed by atoms with Gasteiger partial charge in [0.2, 0.25) is 0 Å². The lowest BCUT2D eigenvalue weighted by Gasteiger charge is -2.49. The summed E-state index contributed by atoms with van der Waals surface area (Å²) in [6.45, 7) is 0. The number of hydrogen-bond acceptors (Lipinski definition) is 0. The van der Waals surface area contributed by atoms with Crippen LogP contribution in [0.25, 0.3) is 0 Å². The maximum atomic E-state index is 1.56. The van der Waals surface area contributed by atoms with Gasteiger partial charge in [-0.3, -0.25) is 0 Å². The van der Waals surface area contributed by atoms with Crippen LogP contribution in [0.4, 0.5) is 0 Å². The van der Waals surface area contributed by atoms with Crippen molar-refractivity contribution in [1.82, 2.24) is 0 Å². The van der Waals surface area contributed by atoms with E-state index in [0.717, 1.165) is 32.5 Å². The molecule has 54 heavy (non-hydrogen) atoms. The van der Waals surface area contributed by atoms with Gasteiger partial charge in [-0.05, 0) is 187 Å². The Labute approximate surface area is 339 Å². The first-order chi connectivity index (χ1) is 26.5. The van der Waals surface area contributed by atoms with Gasteiger partial charge < -0.3 is 0 Å². The van der Waals surface area contributed by atoms with Crippen molar-refractivity contribution in [2.24, 2.45) is 32.5 Å².